The fourth-order valence-corrected chi connectivity index (χ4v) is 1.11. The fraction of sp³-hybridized carbons (Fsp3) is 0. The number of benzene rings is 1. The Kier molecular flexibility index (Phi) is 1.92. The Hall–Kier alpha value is -1.90. The smallest absolute Gasteiger partial charge is 0.225 e. The normalized spacial score (nSPS) is 9.85. The summed E-state index contributed by atoms with van der Waals surface area (Å²) in [6, 6.07) is 7.11. The van der Waals surface area contributed by atoms with Crippen molar-refractivity contribution in [3.05, 3.63) is 42.3 Å². The zero-order valence-corrected chi connectivity index (χ0v) is 6.81. The first-order valence-corrected chi connectivity index (χ1v) is 3.85. The average Bonchev–Trinajstić information content (AvgIpc) is 2.71. The van der Waals surface area contributed by atoms with E-state index >= 15 is 0 Å². The van der Waals surface area contributed by atoms with Crippen LogP contribution < -0.4 is 0 Å². The van der Waals surface area contributed by atoms with Crippen LogP contribution in [0.1, 0.15) is 10.4 Å². The molecule has 2 rings (SSSR count). The van der Waals surface area contributed by atoms with Crippen LogP contribution >= 0.6 is 0 Å². The number of aromatic nitrogens is 1. The Balaban J connectivity index is 2.47. The van der Waals surface area contributed by atoms with Crippen molar-refractivity contribution < 1.29 is 9.21 Å². The van der Waals surface area contributed by atoms with Gasteiger partial charge in [-0.25, -0.2) is 4.98 Å². The van der Waals surface area contributed by atoms with Crippen molar-refractivity contribution in [2.45, 2.75) is 0 Å². The molecular weight excluding hydrogens is 166 g/mol. The monoisotopic (exact) mass is 173 g/mol. The van der Waals surface area contributed by atoms with E-state index in [1.807, 2.05) is 6.07 Å². The lowest BCUT2D eigenvalue weighted by Gasteiger charge is -1.95. The predicted molar refractivity (Wildman–Crippen MR) is 47.3 cm³/mol. The van der Waals surface area contributed by atoms with Gasteiger partial charge in [0.25, 0.3) is 0 Å². The van der Waals surface area contributed by atoms with Gasteiger partial charge in [-0.2, -0.15) is 0 Å². The first-order chi connectivity index (χ1) is 6.40. The molecule has 13 heavy (non-hydrogen) atoms. The molecule has 0 bridgehead atoms. The van der Waals surface area contributed by atoms with Gasteiger partial charge in [-0.05, 0) is 12.1 Å². The van der Waals surface area contributed by atoms with Crippen LogP contribution in [0.15, 0.2) is 41.1 Å². The molecule has 0 aliphatic carbocycles. The summed E-state index contributed by atoms with van der Waals surface area (Å²) in [5, 5.41) is 0. The van der Waals surface area contributed by atoms with Crippen LogP contribution in [-0.4, -0.2) is 11.3 Å². The largest absolute Gasteiger partial charge is 0.445 e. The molecule has 3 nitrogen and oxygen atoms in total. The molecule has 0 saturated heterocycles. The predicted octanol–water partition coefficient (Wildman–Crippen LogP) is 2.15. The zero-order valence-electron chi connectivity index (χ0n) is 6.81. The van der Waals surface area contributed by atoms with Gasteiger partial charge in [0.2, 0.25) is 5.89 Å². The van der Waals surface area contributed by atoms with Crippen LogP contribution in [0.5, 0.6) is 0 Å². The third-order valence-electron chi connectivity index (χ3n) is 1.70. The highest BCUT2D eigenvalue weighted by molar-refractivity contribution is 5.77. The highest BCUT2D eigenvalue weighted by atomic mass is 16.3. The molecule has 0 aliphatic rings. The Bertz CT molecular complexity index is 407. The van der Waals surface area contributed by atoms with Crippen LogP contribution in [0.4, 0.5) is 0 Å². The van der Waals surface area contributed by atoms with Crippen molar-refractivity contribution in [1.82, 2.24) is 4.98 Å². The van der Waals surface area contributed by atoms with Crippen molar-refractivity contribution >= 4 is 6.29 Å². The van der Waals surface area contributed by atoms with E-state index in [0.717, 1.165) is 11.8 Å². The number of rotatable bonds is 2. The summed E-state index contributed by atoms with van der Waals surface area (Å²) in [5.74, 6) is 0.531. The summed E-state index contributed by atoms with van der Waals surface area (Å²) in [5.41, 5.74) is 1.44. The highest BCUT2D eigenvalue weighted by Gasteiger charge is 2.01. The Morgan fingerprint density at radius 1 is 1.38 bits per heavy atom. The van der Waals surface area contributed by atoms with Crippen LogP contribution in [0.3, 0.4) is 0 Å². The van der Waals surface area contributed by atoms with Crippen LogP contribution in [0, 0.1) is 0 Å². The van der Waals surface area contributed by atoms with Crippen LogP contribution in [-0.2, 0) is 0 Å². The molecular formula is C10H7NO2. The molecule has 0 atom stereocenters. The van der Waals surface area contributed by atoms with Crippen molar-refractivity contribution in [3.63, 3.8) is 0 Å². The van der Waals surface area contributed by atoms with Gasteiger partial charge in [-0.1, -0.05) is 12.1 Å². The Morgan fingerprint density at radius 3 is 3.00 bits per heavy atom. The lowest BCUT2D eigenvalue weighted by atomic mass is 10.1. The molecule has 64 valence electrons. The van der Waals surface area contributed by atoms with Gasteiger partial charge >= 0.3 is 0 Å². The van der Waals surface area contributed by atoms with E-state index < -0.39 is 0 Å². The molecule has 0 saturated carbocycles. The third-order valence-corrected chi connectivity index (χ3v) is 1.70. The summed E-state index contributed by atoms with van der Waals surface area (Å²) >= 11 is 0. The first-order valence-electron chi connectivity index (χ1n) is 3.85. The molecule has 2 aromatic rings. The lowest BCUT2D eigenvalue weighted by molar-refractivity contribution is 0.112. The first kappa shape index (κ1) is 7.73. The van der Waals surface area contributed by atoms with E-state index in [2.05, 4.69) is 4.98 Å². The Morgan fingerprint density at radius 2 is 2.31 bits per heavy atom. The van der Waals surface area contributed by atoms with Crippen LogP contribution in [0.2, 0.25) is 0 Å². The maximum atomic E-state index is 10.5. The van der Waals surface area contributed by atoms with Gasteiger partial charge < -0.3 is 4.42 Å². The summed E-state index contributed by atoms with van der Waals surface area (Å²) in [4.78, 5) is 14.5. The van der Waals surface area contributed by atoms with Gasteiger partial charge in [0, 0.05) is 11.1 Å². The number of hydrogen-bond donors (Lipinski definition) is 0. The van der Waals surface area contributed by atoms with Crippen molar-refractivity contribution in [1.29, 1.82) is 0 Å². The minimum Gasteiger partial charge on any atom is -0.445 e. The topological polar surface area (TPSA) is 43.1 Å². The summed E-state index contributed by atoms with van der Waals surface area (Å²) in [6.45, 7) is 0. The van der Waals surface area contributed by atoms with E-state index in [1.54, 1.807) is 24.4 Å². The molecule has 1 aromatic heterocycles. The lowest BCUT2D eigenvalue weighted by Crippen LogP contribution is -1.81. The minimum absolute atomic E-state index is 0.531. The number of oxazole rings is 1. The summed E-state index contributed by atoms with van der Waals surface area (Å²) in [7, 11) is 0. The third kappa shape index (κ3) is 1.49. The van der Waals surface area contributed by atoms with Gasteiger partial charge in [0.15, 0.2) is 0 Å². The molecule has 1 heterocycles. The van der Waals surface area contributed by atoms with E-state index in [9.17, 15) is 4.79 Å². The second-order valence-electron chi connectivity index (χ2n) is 2.58. The SMILES string of the molecule is O=Cc1cccc(-c2ncco2)c1. The van der Waals surface area contributed by atoms with E-state index in [0.29, 0.717) is 11.5 Å². The van der Waals surface area contributed by atoms with Gasteiger partial charge in [-0.3, -0.25) is 4.79 Å². The quantitative estimate of drug-likeness (QED) is 0.653. The number of carbonyl (C=O) groups excluding carboxylic acids is 1. The van der Waals surface area contributed by atoms with Gasteiger partial charge in [0.1, 0.15) is 12.5 Å². The number of aldehydes is 1. The molecule has 0 amide bonds. The van der Waals surface area contributed by atoms with E-state index in [1.165, 1.54) is 6.26 Å². The summed E-state index contributed by atoms with van der Waals surface area (Å²) in [6.07, 6.45) is 3.87. The summed E-state index contributed by atoms with van der Waals surface area (Å²) < 4.78 is 5.09. The molecule has 3 heteroatoms. The maximum Gasteiger partial charge on any atom is 0.225 e. The number of carbonyl (C=O) groups is 1. The number of hydrogen-bond acceptors (Lipinski definition) is 3. The van der Waals surface area contributed by atoms with Gasteiger partial charge in [0.05, 0.1) is 6.20 Å². The molecule has 0 aliphatic heterocycles. The van der Waals surface area contributed by atoms with Gasteiger partial charge in [-0.15, -0.1) is 0 Å². The fourth-order valence-electron chi connectivity index (χ4n) is 1.11. The number of nitrogens with zero attached hydrogens (tertiary/aromatic N) is 1. The van der Waals surface area contributed by atoms with E-state index in [4.69, 9.17) is 4.42 Å². The minimum atomic E-state index is 0.531. The second kappa shape index (κ2) is 3.23. The van der Waals surface area contributed by atoms with Crippen molar-refractivity contribution in [2.24, 2.45) is 0 Å². The van der Waals surface area contributed by atoms with Crippen molar-refractivity contribution in [3.8, 4) is 11.5 Å². The zero-order chi connectivity index (χ0) is 9.10. The molecule has 0 radical (unpaired) electrons. The molecule has 0 unspecified atom stereocenters. The van der Waals surface area contributed by atoms with E-state index in [-0.39, 0.29) is 0 Å². The highest BCUT2D eigenvalue weighted by Crippen LogP contribution is 2.17. The van der Waals surface area contributed by atoms with Crippen LogP contribution in [0.25, 0.3) is 11.5 Å². The maximum absolute atomic E-state index is 10.5. The molecule has 0 spiro atoms. The molecule has 1 aromatic carbocycles. The second-order valence-corrected chi connectivity index (χ2v) is 2.58. The average molecular weight is 173 g/mol. The standard InChI is InChI=1S/C10H7NO2/c12-7-8-2-1-3-9(6-8)10-11-4-5-13-10/h1-7H. The molecule has 0 N–H and O–H groups in total. The Labute approximate surface area is 75.0 Å². The van der Waals surface area contributed by atoms with Crippen molar-refractivity contribution in [2.75, 3.05) is 0 Å². The molecule has 0 fully saturated rings.